The minimum atomic E-state index is -0.858. The summed E-state index contributed by atoms with van der Waals surface area (Å²) in [6, 6.07) is 8.50. The number of carbonyl (C=O) groups is 3. The summed E-state index contributed by atoms with van der Waals surface area (Å²) < 4.78 is 11.3. The fourth-order valence-corrected chi connectivity index (χ4v) is 3.41. The van der Waals surface area contributed by atoms with Crippen LogP contribution in [0.5, 0.6) is 11.5 Å². The van der Waals surface area contributed by atoms with Crippen LogP contribution in [-0.4, -0.2) is 30.6 Å². The predicted octanol–water partition coefficient (Wildman–Crippen LogP) is 4.85. The maximum absolute atomic E-state index is 13.0. The molecule has 31 heavy (non-hydrogen) atoms. The third-order valence-electron chi connectivity index (χ3n) is 4.16. The van der Waals surface area contributed by atoms with Gasteiger partial charge in [0.15, 0.2) is 11.5 Å². The molecule has 0 unspecified atom stereocenters. The zero-order valence-electron chi connectivity index (χ0n) is 17.1. The van der Waals surface area contributed by atoms with Crippen molar-refractivity contribution < 1.29 is 23.9 Å². The van der Waals surface area contributed by atoms with E-state index in [0.29, 0.717) is 28.7 Å². The van der Waals surface area contributed by atoms with Gasteiger partial charge in [-0.25, -0.2) is 9.69 Å². The third kappa shape index (κ3) is 5.00. The average molecular weight is 463 g/mol. The summed E-state index contributed by atoms with van der Waals surface area (Å²) in [7, 11) is 0. The molecule has 9 heteroatoms. The molecule has 1 fully saturated rings. The van der Waals surface area contributed by atoms with E-state index in [0.717, 1.165) is 4.90 Å². The van der Waals surface area contributed by atoms with Gasteiger partial charge in [-0.05, 0) is 62.7 Å². The molecule has 1 N–H and O–H groups in total. The fraction of sp³-hybridized carbons (Fsp3) is 0.227. The van der Waals surface area contributed by atoms with E-state index in [2.05, 4.69) is 5.32 Å². The van der Waals surface area contributed by atoms with Gasteiger partial charge < -0.3 is 9.47 Å². The number of halogens is 2. The van der Waals surface area contributed by atoms with E-state index in [1.54, 1.807) is 30.3 Å². The number of rotatable bonds is 6. The van der Waals surface area contributed by atoms with Crippen LogP contribution in [0.4, 0.5) is 10.5 Å². The number of hydrogen-bond acceptors (Lipinski definition) is 5. The quantitative estimate of drug-likeness (QED) is 0.489. The van der Waals surface area contributed by atoms with E-state index >= 15 is 0 Å². The Balaban J connectivity index is 2.04. The molecule has 1 heterocycles. The summed E-state index contributed by atoms with van der Waals surface area (Å²) in [5.74, 6) is -0.852. The lowest BCUT2D eigenvalue weighted by atomic mass is 10.1. The minimum Gasteiger partial charge on any atom is -0.490 e. The standard InChI is InChI=1S/C22H20Cl2N2O5/c1-4-30-18-10-13(9-17(24)19(18)31-12(2)3)8-16-20(27)25-22(29)26(21(16)28)15-7-5-6-14(23)11-15/h5-12H,4H2,1-3H3,(H,25,27,29)/b16-8+. The first kappa shape index (κ1) is 22.7. The zero-order chi connectivity index (χ0) is 22.7. The molecule has 4 amide bonds. The topological polar surface area (TPSA) is 84.9 Å². The van der Waals surface area contributed by atoms with Crippen molar-refractivity contribution >= 4 is 52.8 Å². The molecule has 0 aromatic heterocycles. The van der Waals surface area contributed by atoms with E-state index in [1.807, 2.05) is 20.8 Å². The summed E-state index contributed by atoms with van der Waals surface area (Å²) >= 11 is 12.3. The van der Waals surface area contributed by atoms with Crippen LogP contribution in [0.25, 0.3) is 6.08 Å². The van der Waals surface area contributed by atoms with Crippen LogP contribution < -0.4 is 19.7 Å². The first-order valence-electron chi connectivity index (χ1n) is 9.51. The van der Waals surface area contributed by atoms with Gasteiger partial charge in [0.2, 0.25) is 0 Å². The second-order valence-corrected chi connectivity index (χ2v) is 7.71. The van der Waals surface area contributed by atoms with Gasteiger partial charge in [-0.2, -0.15) is 0 Å². The average Bonchev–Trinajstić information content (AvgIpc) is 2.68. The number of benzene rings is 2. The Hall–Kier alpha value is -3.03. The summed E-state index contributed by atoms with van der Waals surface area (Å²) in [6.45, 7) is 5.88. The van der Waals surface area contributed by atoms with Crippen molar-refractivity contribution in [3.05, 3.63) is 57.6 Å². The number of amides is 4. The third-order valence-corrected chi connectivity index (χ3v) is 4.68. The normalized spacial score (nSPS) is 15.5. The summed E-state index contributed by atoms with van der Waals surface area (Å²) in [5.41, 5.74) is 0.432. The van der Waals surface area contributed by atoms with E-state index < -0.39 is 17.8 Å². The first-order chi connectivity index (χ1) is 14.7. The van der Waals surface area contributed by atoms with E-state index in [-0.39, 0.29) is 22.4 Å². The van der Waals surface area contributed by atoms with E-state index in [9.17, 15) is 14.4 Å². The van der Waals surface area contributed by atoms with Crippen molar-refractivity contribution in [3.8, 4) is 11.5 Å². The van der Waals surface area contributed by atoms with E-state index in [4.69, 9.17) is 32.7 Å². The molecular formula is C22H20Cl2N2O5. The van der Waals surface area contributed by atoms with Crippen molar-refractivity contribution in [1.82, 2.24) is 5.32 Å². The molecule has 0 bridgehead atoms. The zero-order valence-corrected chi connectivity index (χ0v) is 18.6. The largest absolute Gasteiger partial charge is 0.490 e. The van der Waals surface area contributed by atoms with Crippen LogP contribution >= 0.6 is 23.2 Å². The van der Waals surface area contributed by atoms with Crippen molar-refractivity contribution in [2.24, 2.45) is 0 Å². The van der Waals surface area contributed by atoms with Crippen LogP contribution in [0, 0.1) is 0 Å². The van der Waals surface area contributed by atoms with Gasteiger partial charge in [-0.15, -0.1) is 0 Å². The number of barbiturate groups is 1. The lowest BCUT2D eigenvalue weighted by Gasteiger charge is -2.26. The second-order valence-electron chi connectivity index (χ2n) is 6.87. The molecule has 2 aromatic rings. The number of carbonyl (C=O) groups excluding carboxylic acids is 3. The Morgan fingerprint density at radius 2 is 1.87 bits per heavy atom. The molecule has 1 aliphatic rings. The lowest BCUT2D eigenvalue weighted by molar-refractivity contribution is -0.122. The molecular weight excluding hydrogens is 443 g/mol. The Kier molecular flexibility index (Phi) is 6.87. The molecule has 7 nitrogen and oxygen atoms in total. The number of anilines is 1. The molecule has 0 radical (unpaired) electrons. The number of imide groups is 2. The van der Waals surface area contributed by atoms with Crippen LogP contribution in [0.1, 0.15) is 26.3 Å². The highest BCUT2D eigenvalue weighted by Gasteiger charge is 2.37. The van der Waals surface area contributed by atoms with Gasteiger partial charge in [-0.3, -0.25) is 14.9 Å². The first-order valence-corrected chi connectivity index (χ1v) is 10.3. The highest BCUT2D eigenvalue weighted by molar-refractivity contribution is 6.39. The molecule has 0 saturated carbocycles. The molecule has 3 rings (SSSR count). The van der Waals surface area contributed by atoms with Crippen molar-refractivity contribution in [1.29, 1.82) is 0 Å². The Bertz CT molecular complexity index is 1080. The van der Waals surface area contributed by atoms with Gasteiger partial charge in [0.25, 0.3) is 11.8 Å². The predicted molar refractivity (Wildman–Crippen MR) is 119 cm³/mol. The van der Waals surface area contributed by atoms with Crippen LogP contribution in [0.15, 0.2) is 42.0 Å². The molecule has 1 aliphatic heterocycles. The van der Waals surface area contributed by atoms with Crippen LogP contribution in [0.3, 0.4) is 0 Å². The van der Waals surface area contributed by atoms with Crippen LogP contribution in [0.2, 0.25) is 10.0 Å². The highest BCUT2D eigenvalue weighted by Crippen LogP contribution is 2.38. The highest BCUT2D eigenvalue weighted by atomic mass is 35.5. The molecule has 0 aliphatic carbocycles. The molecule has 162 valence electrons. The Labute approximate surface area is 189 Å². The number of hydrogen-bond donors (Lipinski definition) is 1. The van der Waals surface area contributed by atoms with Gasteiger partial charge in [-0.1, -0.05) is 29.3 Å². The maximum atomic E-state index is 13.0. The van der Waals surface area contributed by atoms with Gasteiger partial charge >= 0.3 is 6.03 Å². The van der Waals surface area contributed by atoms with Gasteiger partial charge in [0.1, 0.15) is 5.57 Å². The second kappa shape index (κ2) is 9.41. The summed E-state index contributed by atoms with van der Waals surface area (Å²) in [4.78, 5) is 38.6. The minimum absolute atomic E-state index is 0.135. The Morgan fingerprint density at radius 1 is 1.13 bits per heavy atom. The SMILES string of the molecule is CCOc1cc(/C=C2\C(=O)NC(=O)N(c3cccc(Cl)c3)C2=O)cc(Cl)c1OC(C)C. The molecule has 0 atom stereocenters. The van der Waals surface area contributed by atoms with Gasteiger partial charge in [0.05, 0.1) is 23.4 Å². The summed E-state index contributed by atoms with van der Waals surface area (Å²) in [6.07, 6.45) is 1.21. The number of nitrogens with one attached hydrogen (secondary N) is 1. The smallest absolute Gasteiger partial charge is 0.335 e. The van der Waals surface area contributed by atoms with Gasteiger partial charge in [0, 0.05) is 5.02 Å². The molecule has 0 spiro atoms. The van der Waals surface area contributed by atoms with Crippen molar-refractivity contribution in [2.75, 3.05) is 11.5 Å². The number of ether oxygens (including phenoxy) is 2. The number of urea groups is 1. The Morgan fingerprint density at radius 3 is 2.52 bits per heavy atom. The van der Waals surface area contributed by atoms with Crippen LogP contribution in [-0.2, 0) is 9.59 Å². The number of nitrogens with zero attached hydrogens (tertiary/aromatic N) is 1. The molecule has 2 aromatic carbocycles. The monoisotopic (exact) mass is 462 g/mol. The molecule has 1 saturated heterocycles. The van der Waals surface area contributed by atoms with Crippen molar-refractivity contribution in [2.45, 2.75) is 26.9 Å². The van der Waals surface area contributed by atoms with Crippen molar-refractivity contribution in [3.63, 3.8) is 0 Å². The maximum Gasteiger partial charge on any atom is 0.335 e. The lowest BCUT2D eigenvalue weighted by Crippen LogP contribution is -2.54. The summed E-state index contributed by atoms with van der Waals surface area (Å²) in [5, 5.41) is 2.77. The van der Waals surface area contributed by atoms with E-state index in [1.165, 1.54) is 12.1 Å². The fourth-order valence-electron chi connectivity index (χ4n) is 2.96.